The van der Waals surface area contributed by atoms with E-state index in [2.05, 4.69) is 0 Å². The van der Waals surface area contributed by atoms with Crippen LogP contribution in [-0.2, 0) is 10.8 Å². The first-order chi connectivity index (χ1) is 8.54. The number of benzene rings is 1. The molecule has 0 aromatic heterocycles. The lowest BCUT2D eigenvalue weighted by molar-refractivity contribution is 0.390. The Morgan fingerprint density at radius 2 is 1.63 bits per heavy atom. The van der Waals surface area contributed by atoms with E-state index in [1.54, 1.807) is 13.2 Å². The van der Waals surface area contributed by atoms with Crippen LogP contribution in [0.4, 0.5) is 4.39 Å². The van der Waals surface area contributed by atoms with Crippen LogP contribution in [-0.4, -0.2) is 7.11 Å². The Labute approximate surface area is 115 Å². The molecule has 1 aromatic carbocycles. The molecule has 0 aliphatic carbocycles. The number of halogens is 1. The number of nitrogens with zero attached hydrogens (tertiary/aromatic N) is 1. The standard InChI is InChI=1S/C16H22FNO/c1-15(2,3)11-8-12(19-7)13(16(4,5)6)10(9-18)14(11)17/h8H,1-7H3. The summed E-state index contributed by atoms with van der Waals surface area (Å²) in [6.07, 6.45) is 0. The van der Waals surface area contributed by atoms with Gasteiger partial charge in [-0.05, 0) is 22.5 Å². The van der Waals surface area contributed by atoms with Crippen molar-refractivity contribution in [2.45, 2.75) is 52.4 Å². The first kappa shape index (κ1) is 15.5. The highest BCUT2D eigenvalue weighted by Gasteiger charge is 2.30. The molecule has 0 spiro atoms. The number of nitriles is 1. The molecule has 0 aliphatic rings. The van der Waals surface area contributed by atoms with E-state index in [1.165, 1.54) is 0 Å². The van der Waals surface area contributed by atoms with Gasteiger partial charge in [0.15, 0.2) is 0 Å². The molecule has 1 rings (SSSR count). The Kier molecular flexibility index (Phi) is 3.95. The number of methoxy groups -OCH3 is 1. The predicted molar refractivity (Wildman–Crippen MR) is 75.1 cm³/mol. The maximum atomic E-state index is 14.6. The third-order valence-electron chi connectivity index (χ3n) is 3.12. The lowest BCUT2D eigenvalue weighted by Crippen LogP contribution is -2.21. The molecule has 0 saturated heterocycles. The van der Waals surface area contributed by atoms with Gasteiger partial charge in [-0.1, -0.05) is 41.5 Å². The third-order valence-corrected chi connectivity index (χ3v) is 3.12. The van der Waals surface area contributed by atoms with Crippen molar-refractivity contribution in [2.24, 2.45) is 0 Å². The molecule has 0 radical (unpaired) electrons. The van der Waals surface area contributed by atoms with E-state index in [9.17, 15) is 9.65 Å². The molecule has 19 heavy (non-hydrogen) atoms. The molecule has 104 valence electrons. The van der Waals surface area contributed by atoms with Crippen molar-refractivity contribution in [3.8, 4) is 11.8 Å². The van der Waals surface area contributed by atoms with E-state index >= 15 is 0 Å². The van der Waals surface area contributed by atoms with Gasteiger partial charge in [-0.3, -0.25) is 0 Å². The molecule has 0 N–H and O–H groups in total. The highest BCUT2D eigenvalue weighted by Crippen LogP contribution is 2.40. The van der Waals surface area contributed by atoms with Crippen LogP contribution in [0.5, 0.6) is 5.75 Å². The van der Waals surface area contributed by atoms with Crippen LogP contribution in [0.15, 0.2) is 6.07 Å². The highest BCUT2D eigenvalue weighted by molar-refractivity contribution is 5.55. The van der Waals surface area contributed by atoms with Gasteiger partial charge >= 0.3 is 0 Å². The molecule has 3 heteroatoms. The van der Waals surface area contributed by atoms with Crippen molar-refractivity contribution < 1.29 is 9.13 Å². The lowest BCUT2D eigenvalue weighted by atomic mass is 9.78. The molecule has 0 fully saturated rings. The summed E-state index contributed by atoms with van der Waals surface area (Å²) in [5.74, 6) is 0.149. The Bertz CT molecular complexity index is 528. The topological polar surface area (TPSA) is 33.0 Å². The molecular formula is C16H22FNO. The summed E-state index contributed by atoms with van der Waals surface area (Å²) in [7, 11) is 1.55. The van der Waals surface area contributed by atoms with Gasteiger partial charge in [0.1, 0.15) is 17.6 Å². The minimum absolute atomic E-state index is 0.0942. The van der Waals surface area contributed by atoms with Crippen molar-refractivity contribution in [1.29, 1.82) is 5.26 Å². The minimum atomic E-state index is -0.430. The van der Waals surface area contributed by atoms with Crippen molar-refractivity contribution >= 4 is 0 Å². The fourth-order valence-corrected chi connectivity index (χ4v) is 2.19. The molecule has 0 atom stereocenters. The third kappa shape index (κ3) is 2.89. The molecule has 0 saturated carbocycles. The fourth-order valence-electron chi connectivity index (χ4n) is 2.19. The van der Waals surface area contributed by atoms with E-state index in [0.29, 0.717) is 16.9 Å². The molecule has 0 bridgehead atoms. The van der Waals surface area contributed by atoms with E-state index in [1.807, 2.05) is 47.6 Å². The summed E-state index contributed by atoms with van der Waals surface area (Å²) in [5.41, 5.74) is 0.501. The number of ether oxygens (including phenoxy) is 1. The number of hydrogen-bond donors (Lipinski definition) is 0. The van der Waals surface area contributed by atoms with Crippen LogP contribution in [0, 0.1) is 17.1 Å². The summed E-state index contributed by atoms with van der Waals surface area (Å²) in [6, 6.07) is 3.72. The zero-order valence-corrected chi connectivity index (χ0v) is 12.8. The summed E-state index contributed by atoms with van der Waals surface area (Å²) >= 11 is 0. The number of hydrogen-bond acceptors (Lipinski definition) is 2. The van der Waals surface area contributed by atoms with Gasteiger partial charge in [-0.25, -0.2) is 4.39 Å². The molecule has 0 heterocycles. The average Bonchev–Trinajstić information content (AvgIpc) is 2.25. The SMILES string of the molecule is COc1cc(C(C)(C)C)c(F)c(C#N)c1C(C)(C)C. The Morgan fingerprint density at radius 1 is 1.11 bits per heavy atom. The van der Waals surface area contributed by atoms with Crippen LogP contribution >= 0.6 is 0 Å². The fraction of sp³-hybridized carbons (Fsp3) is 0.562. The van der Waals surface area contributed by atoms with Crippen LogP contribution in [0.2, 0.25) is 0 Å². The molecule has 0 amide bonds. The van der Waals surface area contributed by atoms with Crippen molar-refractivity contribution in [2.75, 3.05) is 7.11 Å². The monoisotopic (exact) mass is 263 g/mol. The van der Waals surface area contributed by atoms with Gasteiger partial charge < -0.3 is 4.74 Å². The van der Waals surface area contributed by atoms with Crippen molar-refractivity contribution in [1.82, 2.24) is 0 Å². The minimum Gasteiger partial charge on any atom is -0.496 e. The molecular weight excluding hydrogens is 241 g/mol. The highest BCUT2D eigenvalue weighted by atomic mass is 19.1. The summed E-state index contributed by atoms with van der Waals surface area (Å²) in [5, 5.41) is 9.33. The van der Waals surface area contributed by atoms with Crippen LogP contribution in [0.3, 0.4) is 0 Å². The zero-order chi connectivity index (χ0) is 15.0. The second-order valence-electron chi connectivity index (χ2n) is 6.80. The van der Waals surface area contributed by atoms with Gasteiger partial charge in [-0.15, -0.1) is 0 Å². The van der Waals surface area contributed by atoms with E-state index in [0.717, 1.165) is 0 Å². The average molecular weight is 263 g/mol. The summed E-state index contributed by atoms with van der Waals surface area (Å²) < 4.78 is 20.0. The van der Waals surface area contributed by atoms with Crippen LogP contribution < -0.4 is 4.74 Å². The first-order valence-corrected chi connectivity index (χ1v) is 6.35. The van der Waals surface area contributed by atoms with Gasteiger partial charge in [-0.2, -0.15) is 5.26 Å². The second-order valence-corrected chi connectivity index (χ2v) is 6.80. The normalized spacial score (nSPS) is 12.2. The summed E-state index contributed by atoms with van der Waals surface area (Å²) in [6.45, 7) is 11.6. The van der Waals surface area contributed by atoms with Crippen LogP contribution in [0.1, 0.15) is 58.2 Å². The summed E-state index contributed by atoms with van der Waals surface area (Å²) in [4.78, 5) is 0. The van der Waals surface area contributed by atoms with E-state index in [4.69, 9.17) is 4.74 Å². The quantitative estimate of drug-likeness (QED) is 0.756. The Hall–Kier alpha value is -1.56. The predicted octanol–water partition coefficient (Wildman–Crippen LogP) is 4.30. The Balaban J connectivity index is 3.80. The molecule has 1 aromatic rings. The van der Waals surface area contributed by atoms with Crippen LogP contribution in [0.25, 0.3) is 0 Å². The van der Waals surface area contributed by atoms with Crippen molar-refractivity contribution in [3.63, 3.8) is 0 Å². The first-order valence-electron chi connectivity index (χ1n) is 6.35. The van der Waals surface area contributed by atoms with Gasteiger partial charge in [0, 0.05) is 5.56 Å². The molecule has 0 unspecified atom stereocenters. The van der Waals surface area contributed by atoms with Gasteiger partial charge in [0.25, 0.3) is 0 Å². The zero-order valence-electron chi connectivity index (χ0n) is 12.8. The van der Waals surface area contributed by atoms with E-state index < -0.39 is 5.82 Å². The maximum Gasteiger partial charge on any atom is 0.145 e. The maximum absolute atomic E-state index is 14.6. The lowest BCUT2D eigenvalue weighted by Gasteiger charge is -2.28. The Morgan fingerprint density at radius 3 is 1.95 bits per heavy atom. The number of rotatable bonds is 1. The second kappa shape index (κ2) is 4.85. The van der Waals surface area contributed by atoms with Gasteiger partial charge in [0.05, 0.1) is 12.7 Å². The smallest absolute Gasteiger partial charge is 0.145 e. The van der Waals surface area contributed by atoms with E-state index in [-0.39, 0.29) is 16.4 Å². The molecule has 0 aliphatic heterocycles. The molecule has 2 nitrogen and oxygen atoms in total. The van der Waals surface area contributed by atoms with Gasteiger partial charge in [0.2, 0.25) is 0 Å². The van der Waals surface area contributed by atoms with Crippen molar-refractivity contribution in [3.05, 3.63) is 28.6 Å². The largest absolute Gasteiger partial charge is 0.496 e.